The first-order valence-corrected chi connectivity index (χ1v) is 7.89. The Bertz CT molecular complexity index is 677. The predicted octanol–water partition coefficient (Wildman–Crippen LogP) is 3.71. The number of hydrogen-bond acceptors (Lipinski definition) is 4. The topological polar surface area (TPSA) is 77.2 Å². The third kappa shape index (κ3) is 5.59. The van der Waals surface area contributed by atoms with E-state index >= 15 is 0 Å². The van der Waals surface area contributed by atoms with Gasteiger partial charge in [0.05, 0.1) is 11.2 Å². The maximum absolute atomic E-state index is 12.3. The van der Waals surface area contributed by atoms with Crippen LogP contribution in [0.4, 0.5) is 5.69 Å². The van der Waals surface area contributed by atoms with Crippen LogP contribution in [-0.2, 0) is 11.4 Å². The molecule has 3 rings (SSSR count). The van der Waals surface area contributed by atoms with Crippen LogP contribution in [0, 0.1) is 0 Å². The first-order chi connectivity index (χ1) is 11.2. The second-order valence-electron chi connectivity index (χ2n) is 5.95. The number of halogens is 2. The second kappa shape index (κ2) is 9.61. The Hall–Kier alpha value is -1.82. The van der Waals surface area contributed by atoms with Crippen molar-refractivity contribution in [3.05, 3.63) is 54.4 Å². The number of carbonyl (C=O) groups is 1. The fraction of sp³-hybridized carbons (Fsp3) is 0.333. The normalized spacial score (nSPS) is 14.8. The Morgan fingerprint density at radius 3 is 2.60 bits per heavy atom. The van der Waals surface area contributed by atoms with Gasteiger partial charge in [-0.15, -0.1) is 24.8 Å². The van der Waals surface area contributed by atoms with Crippen LogP contribution in [0.15, 0.2) is 48.7 Å². The average molecular weight is 384 g/mol. The maximum atomic E-state index is 12.3. The van der Waals surface area contributed by atoms with Crippen molar-refractivity contribution in [1.29, 1.82) is 0 Å². The van der Waals surface area contributed by atoms with E-state index in [9.17, 15) is 4.79 Å². The molecular weight excluding hydrogens is 361 g/mol. The molecule has 1 aliphatic carbocycles. The van der Waals surface area contributed by atoms with Gasteiger partial charge in [-0.05, 0) is 37.1 Å². The minimum Gasteiger partial charge on any atom is -0.487 e. The summed E-state index contributed by atoms with van der Waals surface area (Å²) in [6.45, 7) is 0.388. The Morgan fingerprint density at radius 2 is 1.92 bits per heavy atom. The number of anilines is 1. The Labute approximate surface area is 160 Å². The lowest BCUT2D eigenvalue weighted by atomic mass is 9.98. The highest BCUT2D eigenvalue weighted by Gasteiger charge is 2.36. The van der Waals surface area contributed by atoms with Crippen LogP contribution in [0.3, 0.4) is 0 Å². The van der Waals surface area contributed by atoms with Crippen molar-refractivity contribution >= 4 is 36.4 Å². The van der Waals surface area contributed by atoms with E-state index in [-0.39, 0.29) is 30.7 Å². The highest BCUT2D eigenvalue weighted by molar-refractivity contribution is 5.98. The van der Waals surface area contributed by atoms with E-state index in [0.717, 1.165) is 31.4 Å². The predicted molar refractivity (Wildman–Crippen MR) is 104 cm³/mol. The van der Waals surface area contributed by atoms with Crippen LogP contribution in [0.2, 0.25) is 0 Å². The average Bonchev–Trinajstić information content (AvgIpc) is 3.02. The molecule has 7 heteroatoms. The highest BCUT2D eigenvalue weighted by atomic mass is 35.5. The van der Waals surface area contributed by atoms with E-state index in [1.807, 2.05) is 36.4 Å². The van der Waals surface area contributed by atoms with Gasteiger partial charge in [0, 0.05) is 18.0 Å². The minimum atomic E-state index is -0.731. The van der Waals surface area contributed by atoms with Crippen molar-refractivity contribution < 1.29 is 9.53 Å². The SMILES string of the molecule is Cl.Cl.NC1(C(=O)Nc2cccc(OCc3ccccn3)c2)CCCC1. The summed E-state index contributed by atoms with van der Waals surface area (Å²) in [6.07, 6.45) is 5.25. The molecule has 0 radical (unpaired) electrons. The summed E-state index contributed by atoms with van der Waals surface area (Å²) in [5, 5.41) is 2.90. The molecule has 0 bridgehead atoms. The fourth-order valence-electron chi connectivity index (χ4n) is 2.79. The molecule has 1 aliphatic rings. The van der Waals surface area contributed by atoms with Crippen LogP contribution in [0.5, 0.6) is 5.75 Å². The standard InChI is InChI=1S/C18H21N3O2.2ClH/c19-18(9-2-3-10-18)17(22)21-14-7-5-8-16(12-14)23-13-15-6-1-4-11-20-15;;/h1,4-8,11-12H,2-3,9-10,13,19H2,(H,21,22);2*1H. The van der Waals surface area contributed by atoms with Crippen molar-refractivity contribution in [2.24, 2.45) is 5.73 Å². The van der Waals surface area contributed by atoms with Crippen molar-refractivity contribution in [1.82, 2.24) is 4.98 Å². The first-order valence-electron chi connectivity index (χ1n) is 7.89. The van der Waals surface area contributed by atoms with Crippen molar-refractivity contribution in [3.8, 4) is 5.75 Å². The van der Waals surface area contributed by atoms with Crippen molar-refractivity contribution in [2.75, 3.05) is 5.32 Å². The summed E-state index contributed by atoms with van der Waals surface area (Å²) in [6, 6.07) is 13.0. The van der Waals surface area contributed by atoms with Crippen molar-refractivity contribution in [2.45, 2.75) is 37.8 Å². The third-order valence-corrected chi connectivity index (χ3v) is 4.15. The monoisotopic (exact) mass is 383 g/mol. The molecule has 25 heavy (non-hydrogen) atoms. The van der Waals surface area contributed by atoms with Gasteiger partial charge in [-0.1, -0.05) is 25.0 Å². The molecular formula is C18H23Cl2N3O2. The van der Waals surface area contributed by atoms with E-state index in [2.05, 4.69) is 10.3 Å². The van der Waals surface area contributed by atoms with Gasteiger partial charge < -0.3 is 15.8 Å². The van der Waals surface area contributed by atoms with Crippen LogP contribution in [0.25, 0.3) is 0 Å². The number of nitrogens with one attached hydrogen (secondary N) is 1. The smallest absolute Gasteiger partial charge is 0.244 e. The van der Waals surface area contributed by atoms with Crippen LogP contribution in [0.1, 0.15) is 31.4 Å². The number of nitrogens with two attached hydrogens (primary N) is 1. The summed E-state index contributed by atoms with van der Waals surface area (Å²) in [4.78, 5) is 16.6. The third-order valence-electron chi connectivity index (χ3n) is 4.15. The molecule has 0 spiro atoms. The number of nitrogens with zero attached hydrogens (tertiary/aromatic N) is 1. The van der Waals surface area contributed by atoms with Gasteiger partial charge in [0.2, 0.25) is 5.91 Å². The molecule has 0 saturated heterocycles. The lowest BCUT2D eigenvalue weighted by Crippen LogP contribution is -2.48. The Kier molecular flexibility index (Phi) is 8.16. The quantitative estimate of drug-likeness (QED) is 0.824. The summed E-state index contributed by atoms with van der Waals surface area (Å²) in [5.41, 5.74) is 6.99. The Morgan fingerprint density at radius 1 is 1.16 bits per heavy atom. The number of rotatable bonds is 5. The zero-order chi connectivity index (χ0) is 16.1. The number of ether oxygens (including phenoxy) is 1. The van der Waals surface area contributed by atoms with E-state index in [4.69, 9.17) is 10.5 Å². The fourth-order valence-corrected chi connectivity index (χ4v) is 2.79. The van der Waals surface area contributed by atoms with Crippen molar-refractivity contribution in [3.63, 3.8) is 0 Å². The zero-order valence-electron chi connectivity index (χ0n) is 13.8. The van der Waals surface area contributed by atoms with Gasteiger partial charge >= 0.3 is 0 Å². The van der Waals surface area contributed by atoms with Gasteiger partial charge in [-0.25, -0.2) is 0 Å². The number of pyridine rings is 1. The molecule has 2 aromatic rings. The van der Waals surface area contributed by atoms with E-state index in [0.29, 0.717) is 18.0 Å². The summed E-state index contributed by atoms with van der Waals surface area (Å²) >= 11 is 0. The lowest BCUT2D eigenvalue weighted by Gasteiger charge is -2.22. The zero-order valence-corrected chi connectivity index (χ0v) is 15.4. The highest BCUT2D eigenvalue weighted by Crippen LogP contribution is 2.29. The summed E-state index contributed by atoms with van der Waals surface area (Å²) in [5.74, 6) is 0.572. The van der Waals surface area contributed by atoms with Gasteiger partial charge in [-0.3, -0.25) is 9.78 Å². The first kappa shape index (κ1) is 21.2. The molecule has 1 amide bonds. The summed E-state index contributed by atoms with van der Waals surface area (Å²) < 4.78 is 5.72. The van der Waals surface area contributed by atoms with Gasteiger partial charge in [0.25, 0.3) is 0 Å². The molecule has 0 unspecified atom stereocenters. The van der Waals surface area contributed by atoms with E-state index in [1.165, 1.54) is 0 Å². The Balaban J connectivity index is 0.00000156. The van der Waals surface area contributed by atoms with Crippen LogP contribution >= 0.6 is 24.8 Å². The van der Waals surface area contributed by atoms with E-state index in [1.54, 1.807) is 12.3 Å². The molecule has 1 saturated carbocycles. The maximum Gasteiger partial charge on any atom is 0.244 e. The number of hydrogen-bond donors (Lipinski definition) is 2. The lowest BCUT2D eigenvalue weighted by molar-refractivity contribution is -0.121. The molecule has 0 atom stereocenters. The summed E-state index contributed by atoms with van der Waals surface area (Å²) in [7, 11) is 0. The molecule has 1 fully saturated rings. The molecule has 1 aromatic carbocycles. The van der Waals surface area contributed by atoms with E-state index < -0.39 is 5.54 Å². The molecule has 0 aliphatic heterocycles. The van der Waals surface area contributed by atoms with Crippen LogP contribution < -0.4 is 15.8 Å². The molecule has 3 N–H and O–H groups in total. The number of aromatic nitrogens is 1. The number of benzene rings is 1. The number of carbonyl (C=O) groups excluding carboxylic acids is 1. The molecule has 1 heterocycles. The van der Waals surface area contributed by atoms with Crippen LogP contribution in [-0.4, -0.2) is 16.4 Å². The second-order valence-corrected chi connectivity index (χ2v) is 5.95. The molecule has 136 valence electrons. The number of amides is 1. The molecule has 1 aromatic heterocycles. The van der Waals surface area contributed by atoms with Gasteiger partial charge in [0.1, 0.15) is 12.4 Å². The minimum absolute atomic E-state index is 0. The van der Waals surface area contributed by atoms with Gasteiger partial charge in [0.15, 0.2) is 0 Å². The largest absolute Gasteiger partial charge is 0.487 e. The molecule has 5 nitrogen and oxygen atoms in total. The van der Waals surface area contributed by atoms with Gasteiger partial charge in [-0.2, -0.15) is 0 Å².